The molecule has 1 aliphatic carbocycles. The van der Waals surface area contributed by atoms with Gasteiger partial charge in [-0.25, -0.2) is 0 Å². The second-order valence-electron chi connectivity index (χ2n) is 5.15. The van der Waals surface area contributed by atoms with Crippen molar-refractivity contribution in [2.75, 3.05) is 0 Å². The molecule has 1 aliphatic rings. The maximum atomic E-state index is 13.4. The van der Waals surface area contributed by atoms with Gasteiger partial charge in [-0.05, 0) is 0 Å². The fourth-order valence-corrected chi connectivity index (χ4v) is 3.31. The van der Waals surface area contributed by atoms with Crippen molar-refractivity contribution < 1.29 is 26.3 Å². The molecule has 0 saturated carbocycles. The Morgan fingerprint density at radius 1 is 1.00 bits per heavy atom. The third-order valence-corrected chi connectivity index (χ3v) is 4.05. The molecule has 0 N–H and O–H groups in total. The second-order valence-corrected chi connectivity index (χ2v) is 7.59. The molecule has 0 atom stereocenters. The summed E-state index contributed by atoms with van der Waals surface area (Å²) in [5.74, 6) is 0. The molecule has 0 bridgehead atoms. The first-order valence-corrected chi connectivity index (χ1v) is 8.82. The molecule has 115 valence electrons. The van der Waals surface area contributed by atoms with Gasteiger partial charge in [-0.2, -0.15) is 0 Å². The SMILES string of the molecule is [B]=C1C(C=[Si](C)C)=C(C(F)(F)F)c2c1cccc2C(F)(F)F. The zero-order chi connectivity index (χ0) is 16.9. The van der Waals surface area contributed by atoms with E-state index >= 15 is 0 Å². The van der Waals surface area contributed by atoms with Crippen molar-refractivity contribution in [3.05, 3.63) is 40.5 Å². The molecule has 0 heterocycles. The van der Waals surface area contributed by atoms with E-state index in [1.165, 1.54) is 11.7 Å². The molecule has 0 spiro atoms. The second kappa shape index (κ2) is 5.33. The van der Waals surface area contributed by atoms with E-state index < -0.39 is 37.5 Å². The maximum absolute atomic E-state index is 13.4. The zero-order valence-electron chi connectivity index (χ0n) is 11.7. The molecule has 0 aromatic heterocycles. The van der Waals surface area contributed by atoms with Crippen molar-refractivity contribution in [1.29, 1.82) is 0 Å². The standard InChI is InChI=1S/C14H10BF6Si/c1-22(2)6-8-11(14(19,20)21)10-7(12(8)15)4-3-5-9(10)13(16,17)18/h3-6H,1-2H3. The van der Waals surface area contributed by atoms with E-state index in [0.717, 1.165) is 6.07 Å². The number of benzene rings is 1. The molecular weight excluding hydrogens is 321 g/mol. The van der Waals surface area contributed by atoms with Crippen molar-refractivity contribution in [2.45, 2.75) is 25.4 Å². The predicted octanol–water partition coefficient (Wildman–Crippen LogP) is 3.86. The van der Waals surface area contributed by atoms with E-state index in [-0.39, 0.29) is 16.6 Å². The molecule has 22 heavy (non-hydrogen) atoms. The molecule has 8 heteroatoms. The Labute approximate surface area is 125 Å². The summed E-state index contributed by atoms with van der Waals surface area (Å²) in [5, 5.41) is 0. The van der Waals surface area contributed by atoms with Crippen LogP contribution in [0.1, 0.15) is 16.7 Å². The van der Waals surface area contributed by atoms with Gasteiger partial charge in [0.05, 0.1) is 0 Å². The van der Waals surface area contributed by atoms with Crippen LogP contribution in [-0.2, 0) is 6.18 Å². The monoisotopic (exact) mass is 331 g/mol. The van der Waals surface area contributed by atoms with Gasteiger partial charge >= 0.3 is 125 Å². The van der Waals surface area contributed by atoms with Crippen LogP contribution in [0.5, 0.6) is 0 Å². The minimum atomic E-state index is -4.92. The zero-order valence-corrected chi connectivity index (χ0v) is 12.7. The fraction of sp³-hybridized carbons (Fsp3) is 0.286. The summed E-state index contributed by atoms with van der Waals surface area (Å²) in [6.07, 6.45) is -9.80. The average molecular weight is 331 g/mol. The molecule has 2 rings (SSSR count). The third-order valence-electron chi connectivity index (χ3n) is 3.19. The number of hydrogen-bond acceptors (Lipinski definition) is 0. The van der Waals surface area contributed by atoms with Crippen molar-refractivity contribution in [2.24, 2.45) is 0 Å². The van der Waals surface area contributed by atoms with Gasteiger partial charge in [0, 0.05) is 0 Å². The van der Waals surface area contributed by atoms with Crippen LogP contribution in [0.3, 0.4) is 0 Å². The van der Waals surface area contributed by atoms with E-state index in [0.29, 0.717) is 6.07 Å². The van der Waals surface area contributed by atoms with Gasteiger partial charge < -0.3 is 0 Å². The number of allylic oxidation sites excluding steroid dienone is 2. The number of alkyl halides is 6. The number of halogens is 6. The van der Waals surface area contributed by atoms with Crippen molar-refractivity contribution in [3.8, 4) is 0 Å². The van der Waals surface area contributed by atoms with Crippen molar-refractivity contribution in [1.82, 2.24) is 0 Å². The van der Waals surface area contributed by atoms with Gasteiger partial charge in [-0.3, -0.25) is 0 Å². The Balaban J connectivity index is 2.90. The summed E-state index contributed by atoms with van der Waals surface area (Å²) in [5.41, 5.74) is -2.93. The molecule has 0 saturated heterocycles. The molecule has 0 amide bonds. The van der Waals surface area contributed by atoms with Gasteiger partial charge in [-0.15, -0.1) is 0 Å². The summed E-state index contributed by atoms with van der Waals surface area (Å²) in [4.78, 5) is 0. The van der Waals surface area contributed by atoms with Crippen LogP contribution in [-0.4, -0.2) is 33.2 Å². The number of rotatable bonds is 1. The van der Waals surface area contributed by atoms with Crippen LogP contribution >= 0.6 is 0 Å². The Kier molecular flexibility index (Phi) is 4.10. The molecule has 0 unspecified atom stereocenters. The van der Waals surface area contributed by atoms with Crippen LogP contribution < -0.4 is 0 Å². The molecule has 1 aromatic carbocycles. The van der Waals surface area contributed by atoms with E-state index in [2.05, 4.69) is 0 Å². The van der Waals surface area contributed by atoms with Crippen LogP contribution in [0.2, 0.25) is 13.1 Å². The quantitative estimate of drug-likeness (QED) is 0.541. The third kappa shape index (κ3) is 2.88. The van der Waals surface area contributed by atoms with Crippen LogP contribution in [0.4, 0.5) is 26.3 Å². The summed E-state index contributed by atoms with van der Waals surface area (Å²) in [6.45, 7) is 3.46. The van der Waals surface area contributed by atoms with Crippen LogP contribution in [0.25, 0.3) is 5.57 Å². The Morgan fingerprint density at radius 2 is 1.59 bits per heavy atom. The predicted molar refractivity (Wildman–Crippen MR) is 77.8 cm³/mol. The molecule has 0 aliphatic heterocycles. The first-order chi connectivity index (χ1) is 9.94. The molecule has 1 aromatic rings. The Hall–Kier alpha value is -1.44. The van der Waals surface area contributed by atoms with Gasteiger partial charge in [0.2, 0.25) is 0 Å². The van der Waals surface area contributed by atoms with Gasteiger partial charge in [0.15, 0.2) is 0 Å². The minimum absolute atomic E-state index is 0.211. The van der Waals surface area contributed by atoms with Crippen molar-refractivity contribution in [3.63, 3.8) is 0 Å². The van der Waals surface area contributed by atoms with Crippen LogP contribution in [0, 0.1) is 0 Å². The van der Waals surface area contributed by atoms with E-state index in [1.54, 1.807) is 13.1 Å². The summed E-state index contributed by atoms with van der Waals surface area (Å²) < 4.78 is 79.4. The average Bonchev–Trinajstić information content (AvgIpc) is 2.60. The molecule has 0 nitrogen and oxygen atoms in total. The van der Waals surface area contributed by atoms with Gasteiger partial charge in [0.25, 0.3) is 0 Å². The first-order valence-electron chi connectivity index (χ1n) is 6.24. The topological polar surface area (TPSA) is 0 Å². The molecular formula is C14H10BF6Si. The van der Waals surface area contributed by atoms with Gasteiger partial charge in [-0.1, -0.05) is 0 Å². The van der Waals surface area contributed by atoms with E-state index in [1.807, 2.05) is 0 Å². The summed E-state index contributed by atoms with van der Waals surface area (Å²) >= 11 is 0. The van der Waals surface area contributed by atoms with Crippen molar-refractivity contribution >= 4 is 32.6 Å². The van der Waals surface area contributed by atoms with Crippen LogP contribution in [0.15, 0.2) is 23.8 Å². The summed E-state index contributed by atoms with van der Waals surface area (Å²) in [6, 6.07) is 2.89. The Bertz CT molecular complexity index is 705. The van der Waals surface area contributed by atoms with E-state index in [4.69, 9.17) is 7.49 Å². The first kappa shape index (κ1) is 16.9. The Morgan fingerprint density at radius 3 is 2.05 bits per heavy atom. The normalized spacial score (nSPS) is 15.1. The number of fused-ring (bicyclic) bond motifs is 1. The summed E-state index contributed by atoms with van der Waals surface area (Å²) in [7, 11) is 4.44. The van der Waals surface area contributed by atoms with Gasteiger partial charge in [0.1, 0.15) is 0 Å². The molecule has 0 fully saturated rings. The molecule has 1 radical (unpaired) electrons. The number of hydrogen-bond donors (Lipinski definition) is 0. The fourth-order valence-electron chi connectivity index (χ4n) is 2.43. The van der Waals surface area contributed by atoms with E-state index in [9.17, 15) is 26.3 Å².